The first-order valence-corrected chi connectivity index (χ1v) is 14.3. The maximum Gasteiger partial charge on any atom is 0.303 e. The summed E-state index contributed by atoms with van der Waals surface area (Å²) in [5.41, 5.74) is 0. The molecule has 270 valence electrons. The van der Waals surface area contributed by atoms with E-state index in [2.05, 4.69) is 0 Å². The van der Waals surface area contributed by atoms with Crippen LogP contribution in [0.1, 0.15) is 55.4 Å². The molecule has 48 heavy (non-hydrogen) atoms. The van der Waals surface area contributed by atoms with Crippen LogP contribution < -0.4 is 0 Å². The van der Waals surface area contributed by atoms with E-state index in [0.29, 0.717) is 0 Å². The molecule has 10 atom stereocenters. The highest BCUT2D eigenvalue weighted by Crippen LogP contribution is 2.33. The van der Waals surface area contributed by atoms with Gasteiger partial charge in [-0.15, -0.1) is 0 Å². The standard InChI is InChI=1S/C28H38O20/c1-11(29)37-9-19-21(39-13(3)31)23(41-15(5)33)25(43-17(7)35)27(45-19)47-48-28-26(44-18(8)36)24(42-16(6)34)22(40-14(4)32)20(46-28)10-38-12(2)30/h19-28H,9-10H2,1-8H3/t19-,20-,21-,22-,23+,24+,25-,26-,27+,28+/m1/s1. The zero-order valence-corrected chi connectivity index (χ0v) is 27.4. The fourth-order valence-electron chi connectivity index (χ4n) is 4.64. The molecule has 2 aliphatic heterocycles. The largest absolute Gasteiger partial charge is 0.463 e. The maximum absolute atomic E-state index is 12.1. The summed E-state index contributed by atoms with van der Waals surface area (Å²) in [6, 6.07) is 0. The van der Waals surface area contributed by atoms with Gasteiger partial charge in [0, 0.05) is 55.4 Å². The summed E-state index contributed by atoms with van der Waals surface area (Å²) < 4.78 is 53.4. The monoisotopic (exact) mass is 694 g/mol. The fraction of sp³-hybridized carbons (Fsp3) is 0.714. The smallest absolute Gasteiger partial charge is 0.303 e. The molecule has 0 aliphatic carbocycles. The zero-order chi connectivity index (χ0) is 36.3. The van der Waals surface area contributed by atoms with Gasteiger partial charge in [0.05, 0.1) is 0 Å². The highest BCUT2D eigenvalue weighted by molar-refractivity contribution is 5.70. The number of carbonyl (C=O) groups is 8. The molecule has 0 unspecified atom stereocenters. The Kier molecular flexibility index (Phi) is 15.1. The lowest BCUT2D eigenvalue weighted by molar-refractivity contribution is -0.485. The molecule has 2 rings (SSSR count). The highest BCUT2D eigenvalue weighted by atomic mass is 17.3. The van der Waals surface area contributed by atoms with Crippen molar-refractivity contribution in [3.63, 3.8) is 0 Å². The molecule has 0 aromatic rings. The summed E-state index contributed by atoms with van der Waals surface area (Å²) >= 11 is 0. The van der Waals surface area contributed by atoms with Crippen molar-refractivity contribution in [1.29, 1.82) is 0 Å². The van der Waals surface area contributed by atoms with Crippen molar-refractivity contribution in [3.8, 4) is 0 Å². The van der Waals surface area contributed by atoms with E-state index in [9.17, 15) is 38.4 Å². The van der Waals surface area contributed by atoms with Gasteiger partial charge in [-0.05, 0) is 0 Å². The third kappa shape index (κ3) is 12.3. The number of hydrogen-bond donors (Lipinski definition) is 0. The molecule has 0 amide bonds. The second-order valence-corrected chi connectivity index (χ2v) is 10.3. The summed E-state index contributed by atoms with van der Waals surface area (Å²) in [6.45, 7) is 7.06. The number of ether oxygens (including phenoxy) is 10. The number of carbonyl (C=O) groups excluding carboxylic acids is 8. The molecule has 0 aromatic carbocycles. The summed E-state index contributed by atoms with van der Waals surface area (Å²) in [5, 5.41) is 0. The Hall–Kier alpha value is -4.40. The van der Waals surface area contributed by atoms with E-state index >= 15 is 0 Å². The van der Waals surface area contributed by atoms with Crippen LogP contribution in [0.15, 0.2) is 0 Å². The van der Waals surface area contributed by atoms with Crippen LogP contribution in [0.2, 0.25) is 0 Å². The molecule has 0 N–H and O–H groups in total. The summed E-state index contributed by atoms with van der Waals surface area (Å²) in [5.74, 6) is -6.99. The molecule has 0 saturated carbocycles. The fourth-order valence-corrected chi connectivity index (χ4v) is 4.64. The Balaban J connectivity index is 2.57. The lowest BCUT2D eigenvalue weighted by Crippen LogP contribution is -2.64. The van der Waals surface area contributed by atoms with Crippen molar-refractivity contribution in [2.75, 3.05) is 13.2 Å². The van der Waals surface area contributed by atoms with Crippen molar-refractivity contribution in [2.45, 2.75) is 117 Å². The lowest BCUT2D eigenvalue weighted by Gasteiger charge is -2.45. The quantitative estimate of drug-likeness (QED) is 0.0980. The van der Waals surface area contributed by atoms with Crippen LogP contribution in [-0.2, 0) is 95.5 Å². The first-order chi connectivity index (χ1) is 22.4. The van der Waals surface area contributed by atoms with E-state index in [0.717, 1.165) is 55.4 Å². The van der Waals surface area contributed by atoms with Crippen molar-refractivity contribution < 1.29 is 95.5 Å². The molecule has 0 spiro atoms. The van der Waals surface area contributed by atoms with Crippen molar-refractivity contribution >= 4 is 47.8 Å². The van der Waals surface area contributed by atoms with Crippen LogP contribution in [0.4, 0.5) is 0 Å². The summed E-state index contributed by atoms with van der Waals surface area (Å²) in [6.07, 6.45) is -16.3. The first kappa shape index (κ1) is 39.8. The van der Waals surface area contributed by atoms with Crippen molar-refractivity contribution in [2.24, 2.45) is 0 Å². The second kappa shape index (κ2) is 18.2. The van der Waals surface area contributed by atoms with Crippen LogP contribution in [0.3, 0.4) is 0 Å². The highest BCUT2D eigenvalue weighted by Gasteiger charge is 2.56. The van der Waals surface area contributed by atoms with E-state index in [4.69, 9.17) is 57.1 Å². The molecule has 2 fully saturated rings. The molecule has 2 heterocycles. The Labute approximate surface area is 273 Å². The predicted octanol–water partition coefficient (Wildman–Crippen LogP) is -0.899. The second-order valence-electron chi connectivity index (χ2n) is 10.3. The molecule has 20 nitrogen and oxygen atoms in total. The van der Waals surface area contributed by atoms with Gasteiger partial charge in [-0.3, -0.25) is 38.4 Å². The minimum absolute atomic E-state index is 0.587. The van der Waals surface area contributed by atoms with E-state index in [-0.39, 0.29) is 0 Å². The third-order valence-corrected chi connectivity index (χ3v) is 6.14. The molecular formula is C28H38O20. The van der Waals surface area contributed by atoms with Gasteiger partial charge in [0.1, 0.15) is 25.4 Å². The molecule has 2 saturated heterocycles. The zero-order valence-electron chi connectivity index (χ0n) is 27.4. The van der Waals surface area contributed by atoms with Crippen molar-refractivity contribution in [1.82, 2.24) is 0 Å². The van der Waals surface area contributed by atoms with Gasteiger partial charge < -0.3 is 47.4 Å². The first-order valence-electron chi connectivity index (χ1n) is 14.3. The average molecular weight is 695 g/mol. The van der Waals surface area contributed by atoms with Gasteiger partial charge in [0.25, 0.3) is 0 Å². The topological polar surface area (TPSA) is 247 Å². The van der Waals surface area contributed by atoms with E-state index in [1.807, 2.05) is 0 Å². The third-order valence-electron chi connectivity index (χ3n) is 6.14. The summed E-state index contributed by atoms with van der Waals surface area (Å²) in [7, 11) is 0. The van der Waals surface area contributed by atoms with Gasteiger partial charge in [0.2, 0.25) is 12.6 Å². The lowest BCUT2D eigenvalue weighted by atomic mass is 9.98. The van der Waals surface area contributed by atoms with Crippen molar-refractivity contribution in [3.05, 3.63) is 0 Å². The molecule has 0 radical (unpaired) electrons. The predicted molar refractivity (Wildman–Crippen MR) is 146 cm³/mol. The van der Waals surface area contributed by atoms with Crippen LogP contribution in [0.25, 0.3) is 0 Å². The van der Waals surface area contributed by atoms with Crippen LogP contribution in [0.5, 0.6) is 0 Å². The van der Waals surface area contributed by atoms with Gasteiger partial charge in [-0.2, -0.15) is 9.78 Å². The van der Waals surface area contributed by atoms with E-state index in [1.54, 1.807) is 0 Å². The normalized spacial score (nSPS) is 29.7. The number of rotatable bonds is 13. The van der Waals surface area contributed by atoms with Crippen LogP contribution in [0, 0.1) is 0 Å². The van der Waals surface area contributed by atoms with E-state index < -0.39 is 122 Å². The Morgan fingerprint density at radius 1 is 0.375 bits per heavy atom. The average Bonchev–Trinajstić information content (AvgIpc) is 2.93. The SMILES string of the molecule is CC(=O)OC[C@H]1O[C@@H](OO[C@@H]2O[C@H](COC(C)=O)[C@@H](OC(C)=O)[C@H](OC(C)=O)[C@H]2OC(C)=O)[C@H](OC(C)=O)[C@@H](OC(C)=O)[C@@H]1OC(C)=O. The van der Waals surface area contributed by atoms with Gasteiger partial charge in [-0.25, -0.2) is 0 Å². The summed E-state index contributed by atoms with van der Waals surface area (Å²) in [4.78, 5) is 106. The molecule has 0 aromatic heterocycles. The van der Waals surface area contributed by atoms with Crippen LogP contribution >= 0.6 is 0 Å². The molecule has 20 heteroatoms. The number of esters is 8. The molecular weight excluding hydrogens is 656 g/mol. The molecule has 0 bridgehead atoms. The minimum atomic E-state index is -1.88. The molecule has 2 aliphatic rings. The van der Waals surface area contributed by atoms with Gasteiger partial charge in [0.15, 0.2) is 36.6 Å². The van der Waals surface area contributed by atoms with E-state index in [1.165, 1.54) is 0 Å². The Morgan fingerprint density at radius 2 is 0.625 bits per heavy atom. The van der Waals surface area contributed by atoms with Gasteiger partial charge in [-0.1, -0.05) is 0 Å². The maximum atomic E-state index is 12.1. The van der Waals surface area contributed by atoms with Crippen LogP contribution in [-0.4, -0.2) is 122 Å². The Morgan fingerprint density at radius 3 is 0.875 bits per heavy atom. The minimum Gasteiger partial charge on any atom is -0.463 e. The van der Waals surface area contributed by atoms with Gasteiger partial charge >= 0.3 is 47.8 Å². The number of hydrogen-bond acceptors (Lipinski definition) is 20. The Bertz CT molecular complexity index is 1120.